The maximum absolute atomic E-state index is 12.4. The van der Waals surface area contributed by atoms with Gasteiger partial charge in [0.05, 0.1) is 16.6 Å². The number of nitrogens with one attached hydrogen (secondary N) is 1. The molecule has 8 heteroatoms. The highest BCUT2D eigenvalue weighted by molar-refractivity contribution is 5.98. The van der Waals surface area contributed by atoms with Gasteiger partial charge in [-0.2, -0.15) is 0 Å². The Bertz CT molecular complexity index is 678. The highest BCUT2D eigenvalue weighted by Gasteiger charge is 2.35. The first-order chi connectivity index (χ1) is 12.1. The molecule has 0 aromatic heterocycles. The number of ether oxygens (including phenoxy) is 1. The summed E-state index contributed by atoms with van der Waals surface area (Å²) in [5.74, 6) is -1.73. The Balaban J connectivity index is 2.14. The minimum absolute atomic E-state index is 0.00348. The van der Waals surface area contributed by atoms with E-state index >= 15 is 0 Å². The van der Waals surface area contributed by atoms with Crippen LogP contribution in [0.25, 0.3) is 0 Å². The van der Waals surface area contributed by atoms with Gasteiger partial charge in [-0.25, -0.2) is 4.79 Å². The number of nitro groups is 1. The van der Waals surface area contributed by atoms with E-state index < -0.39 is 22.5 Å². The number of non-ortho nitro benzene ring substituents is 1. The zero-order chi connectivity index (χ0) is 19.5. The summed E-state index contributed by atoms with van der Waals surface area (Å²) in [6.07, 6.45) is 1.82. The van der Waals surface area contributed by atoms with Crippen LogP contribution in [0.15, 0.2) is 18.2 Å². The van der Waals surface area contributed by atoms with Crippen molar-refractivity contribution in [2.24, 2.45) is 11.3 Å². The van der Waals surface area contributed by atoms with E-state index in [9.17, 15) is 19.7 Å². The van der Waals surface area contributed by atoms with Crippen molar-refractivity contribution in [3.05, 3.63) is 39.4 Å². The standard InChI is InChI=1S/C18H24N2O6/c1-18(2,3)15-11(5-4-6-26-15)10-19-16(21)12-7-13(17(22)23)9-14(8-12)20(24)25/h7-9,11,15H,4-6,10H2,1-3H3,(H,19,21)(H,22,23). The number of benzene rings is 1. The number of hydrogen-bond donors (Lipinski definition) is 2. The lowest BCUT2D eigenvalue weighted by Gasteiger charge is -2.40. The molecule has 1 amide bonds. The third-order valence-electron chi connectivity index (χ3n) is 4.46. The summed E-state index contributed by atoms with van der Waals surface area (Å²) in [5, 5.41) is 22.8. The van der Waals surface area contributed by atoms with Crippen molar-refractivity contribution in [3.8, 4) is 0 Å². The van der Waals surface area contributed by atoms with Crippen molar-refractivity contribution in [3.63, 3.8) is 0 Å². The van der Waals surface area contributed by atoms with Crippen LogP contribution in [0.1, 0.15) is 54.3 Å². The first kappa shape index (κ1) is 19.8. The van der Waals surface area contributed by atoms with E-state index in [0.717, 1.165) is 31.0 Å². The summed E-state index contributed by atoms with van der Waals surface area (Å²) in [6, 6.07) is 3.16. The molecule has 142 valence electrons. The average molecular weight is 364 g/mol. The lowest BCUT2D eigenvalue weighted by Crippen LogP contribution is -2.45. The smallest absolute Gasteiger partial charge is 0.335 e. The predicted octanol–water partition coefficient (Wildman–Crippen LogP) is 2.86. The summed E-state index contributed by atoms with van der Waals surface area (Å²) < 4.78 is 5.88. The van der Waals surface area contributed by atoms with Gasteiger partial charge in [-0.1, -0.05) is 20.8 Å². The number of amides is 1. The fraction of sp³-hybridized carbons (Fsp3) is 0.556. The first-order valence-electron chi connectivity index (χ1n) is 8.52. The van der Waals surface area contributed by atoms with Crippen molar-refractivity contribution in [1.82, 2.24) is 5.32 Å². The van der Waals surface area contributed by atoms with E-state index in [2.05, 4.69) is 26.1 Å². The Morgan fingerprint density at radius 3 is 2.54 bits per heavy atom. The van der Waals surface area contributed by atoms with Gasteiger partial charge in [-0.05, 0) is 24.3 Å². The molecular weight excluding hydrogens is 340 g/mol. The molecular formula is C18H24N2O6. The Morgan fingerprint density at radius 2 is 1.96 bits per heavy atom. The van der Waals surface area contributed by atoms with Crippen LogP contribution in [0.5, 0.6) is 0 Å². The zero-order valence-corrected chi connectivity index (χ0v) is 15.2. The predicted molar refractivity (Wildman–Crippen MR) is 94.3 cm³/mol. The lowest BCUT2D eigenvalue weighted by atomic mass is 9.78. The van der Waals surface area contributed by atoms with E-state index in [0.29, 0.717) is 13.2 Å². The third-order valence-corrected chi connectivity index (χ3v) is 4.46. The molecule has 1 aliphatic rings. The molecule has 8 nitrogen and oxygen atoms in total. The van der Waals surface area contributed by atoms with Crippen molar-refractivity contribution in [2.45, 2.75) is 39.7 Å². The second kappa shape index (κ2) is 7.82. The number of hydrogen-bond acceptors (Lipinski definition) is 5. The summed E-state index contributed by atoms with van der Waals surface area (Å²) in [5.41, 5.74) is -0.833. The number of nitrogens with zero attached hydrogens (tertiary/aromatic N) is 1. The molecule has 2 rings (SSSR count). The van der Waals surface area contributed by atoms with Crippen LogP contribution in [0.3, 0.4) is 0 Å². The fourth-order valence-corrected chi connectivity index (χ4v) is 3.31. The van der Waals surface area contributed by atoms with Gasteiger partial charge in [0.1, 0.15) is 0 Å². The number of rotatable bonds is 5. The van der Waals surface area contributed by atoms with Crippen LogP contribution >= 0.6 is 0 Å². The number of aromatic carboxylic acids is 1. The minimum atomic E-state index is -1.32. The Kier molecular flexibility index (Phi) is 5.97. The van der Waals surface area contributed by atoms with Crippen LogP contribution < -0.4 is 5.32 Å². The van der Waals surface area contributed by atoms with E-state index in [-0.39, 0.29) is 28.6 Å². The van der Waals surface area contributed by atoms with Crippen molar-refractivity contribution < 1.29 is 24.4 Å². The summed E-state index contributed by atoms with van der Waals surface area (Å²) in [7, 11) is 0. The molecule has 26 heavy (non-hydrogen) atoms. The molecule has 1 aliphatic heterocycles. The largest absolute Gasteiger partial charge is 0.478 e. The molecule has 1 aromatic carbocycles. The second-order valence-corrected chi connectivity index (χ2v) is 7.60. The van der Waals surface area contributed by atoms with Crippen LogP contribution in [0.4, 0.5) is 5.69 Å². The molecule has 0 saturated carbocycles. The van der Waals surface area contributed by atoms with Gasteiger partial charge in [0.15, 0.2) is 0 Å². The van der Waals surface area contributed by atoms with Crippen molar-refractivity contribution >= 4 is 17.6 Å². The maximum atomic E-state index is 12.4. The number of nitro benzene ring substituents is 1. The van der Waals surface area contributed by atoms with Gasteiger partial charge in [-0.3, -0.25) is 14.9 Å². The van der Waals surface area contributed by atoms with Crippen LogP contribution in [-0.2, 0) is 4.74 Å². The maximum Gasteiger partial charge on any atom is 0.335 e. The average Bonchev–Trinajstić information content (AvgIpc) is 2.58. The third kappa shape index (κ3) is 4.78. The van der Waals surface area contributed by atoms with Crippen LogP contribution in [-0.4, -0.2) is 41.2 Å². The summed E-state index contributed by atoms with van der Waals surface area (Å²) >= 11 is 0. The van der Waals surface area contributed by atoms with Gasteiger partial charge >= 0.3 is 5.97 Å². The number of carboxylic acids is 1. The van der Waals surface area contributed by atoms with E-state index in [1.54, 1.807) is 0 Å². The van der Waals surface area contributed by atoms with Gasteiger partial charge in [0.2, 0.25) is 0 Å². The monoisotopic (exact) mass is 364 g/mol. The van der Waals surface area contributed by atoms with Crippen molar-refractivity contribution in [2.75, 3.05) is 13.2 Å². The highest BCUT2D eigenvalue weighted by atomic mass is 16.6. The Morgan fingerprint density at radius 1 is 1.31 bits per heavy atom. The molecule has 2 N–H and O–H groups in total. The zero-order valence-electron chi connectivity index (χ0n) is 15.2. The Labute approximate surface area is 151 Å². The highest BCUT2D eigenvalue weighted by Crippen LogP contribution is 2.33. The van der Waals surface area contributed by atoms with Gasteiger partial charge < -0.3 is 15.2 Å². The number of carbonyl (C=O) groups excluding carboxylic acids is 1. The van der Waals surface area contributed by atoms with Crippen LogP contribution in [0.2, 0.25) is 0 Å². The number of carbonyl (C=O) groups is 2. The normalized spacial score (nSPS) is 20.4. The van der Waals surface area contributed by atoms with E-state index in [1.807, 2.05) is 0 Å². The molecule has 2 unspecified atom stereocenters. The molecule has 1 aromatic rings. The van der Waals surface area contributed by atoms with E-state index in [4.69, 9.17) is 9.84 Å². The van der Waals surface area contributed by atoms with Crippen LogP contribution in [0, 0.1) is 21.4 Å². The topological polar surface area (TPSA) is 119 Å². The van der Waals surface area contributed by atoms with E-state index in [1.165, 1.54) is 0 Å². The second-order valence-electron chi connectivity index (χ2n) is 7.60. The number of carboxylic acid groups (broad SMARTS) is 1. The molecule has 1 heterocycles. The molecule has 1 fully saturated rings. The first-order valence-corrected chi connectivity index (χ1v) is 8.52. The molecule has 0 spiro atoms. The van der Waals surface area contributed by atoms with Gasteiger partial charge in [-0.15, -0.1) is 0 Å². The molecule has 0 radical (unpaired) electrons. The Hall–Kier alpha value is -2.48. The molecule has 0 aliphatic carbocycles. The summed E-state index contributed by atoms with van der Waals surface area (Å²) in [6.45, 7) is 7.30. The lowest BCUT2D eigenvalue weighted by molar-refractivity contribution is -0.384. The quantitative estimate of drug-likeness (QED) is 0.612. The molecule has 0 bridgehead atoms. The fourth-order valence-electron chi connectivity index (χ4n) is 3.31. The van der Waals surface area contributed by atoms with Crippen molar-refractivity contribution in [1.29, 1.82) is 0 Å². The van der Waals surface area contributed by atoms with Gasteiger partial charge in [0, 0.05) is 36.8 Å². The van der Waals surface area contributed by atoms with Gasteiger partial charge in [0.25, 0.3) is 11.6 Å². The molecule has 1 saturated heterocycles. The molecule has 2 atom stereocenters. The SMILES string of the molecule is CC(C)(C)C1OCCCC1CNC(=O)c1cc(C(=O)O)cc([N+](=O)[O-])c1. The minimum Gasteiger partial charge on any atom is -0.478 e. The summed E-state index contributed by atoms with van der Waals surface area (Å²) in [4.78, 5) is 33.8.